The summed E-state index contributed by atoms with van der Waals surface area (Å²) in [6.07, 6.45) is 1.91. The van der Waals surface area contributed by atoms with Gasteiger partial charge in [-0.3, -0.25) is 0 Å². The minimum atomic E-state index is -0.632. The van der Waals surface area contributed by atoms with Gasteiger partial charge >= 0.3 is 0 Å². The molecule has 78 valence electrons. The number of aliphatic hydroxyl groups is 2. The second kappa shape index (κ2) is 5.54. The van der Waals surface area contributed by atoms with Crippen molar-refractivity contribution in [2.24, 2.45) is 0 Å². The van der Waals surface area contributed by atoms with Gasteiger partial charge in [-0.05, 0) is 26.2 Å². The third-order valence-electron chi connectivity index (χ3n) is 2.41. The summed E-state index contributed by atoms with van der Waals surface area (Å²) in [5.41, 5.74) is 0. The first-order valence-electron chi connectivity index (χ1n) is 4.78. The molecule has 1 aliphatic rings. The van der Waals surface area contributed by atoms with Gasteiger partial charge in [0.15, 0.2) is 0 Å². The zero-order valence-corrected chi connectivity index (χ0v) is 7.98. The van der Waals surface area contributed by atoms with Crippen molar-refractivity contribution in [1.29, 1.82) is 0 Å². The molecular weight excluding hydrogens is 172 g/mol. The van der Waals surface area contributed by atoms with Crippen molar-refractivity contribution >= 4 is 0 Å². The zero-order chi connectivity index (χ0) is 9.68. The minimum absolute atomic E-state index is 0.129. The van der Waals surface area contributed by atoms with Crippen LogP contribution in [0.15, 0.2) is 0 Å². The average molecular weight is 190 g/mol. The molecular formula is C9H18O4. The maximum Gasteiger partial charge on any atom is 0.144 e. The van der Waals surface area contributed by atoms with Crippen LogP contribution in [0, 0.1) is 0 Å². The fraction of sp³-hybridized carbons (Fsp3) is 1.00. The Labute approximate surface area is 78.5 Å². The molecule has 1 aliphatic heterocycles. The lowest BCUT2D eigenvalue weighted by Crippen LogP contribution is -2.40. The van der Waals surface area contributed by atoms with Crippen molar-refractivity contribution in [2.75, 3.05) is 13.4 Å². The predicted molar refractivity (Wildman–Crippen MR) is 47.2 cm³/mol. The van der Waals surface area contributed by atoms with Gasteiger partial charge in [0.05, 0.1) is 12.2 Å². The van der Waals surface area contributed by atoms with E-state index in [1.165, 1.54) is 0 Å². The van der Waals surface area contributed by atoms with Crippen molar-refractivity contribution < 1.29 is 19.7 Å². The fourth-order valence-corrected chi connectivity index (χ4v) is 1.55. The van der Waals surface area contributed by atoms with E-state index in [1.54, 1.807) is 6.92 Å². The van der Waals surface area contributed by atoms with Gasteiger partial charge in [0, 0.05) is 6.61 Å². The van der Waals surface area contributed by atoms with Gasteiger partial charge in [0.2, 0.25) is 0 Å². The van der Waals surface area contributed by atoms with Gasteiger partial charge in [-0.1, -0.05) is 0 Å². The summed E-state index contributed by atoms with van der Waals surface area (Å²) in [4.78, 5) is 0. The molecule has 4 nitrogen and oxygen atoms in total. The summed E-state index contributed by atoms with van der Waals surface area (Å²) in [7, 11) is 0. The van der Waals surface area contributed by atoms with E-state index in [-0.39, 0.29) is 19.0 Å². The Morgan fingerprint density at radius 3 is 2.85 bits per heavy atom. The monoisotopic (exact) mass is 190 g/mol. The second-order valence-corrected chi connectivity index (χ2v) is 3.40. The van der Waals surface area contributed by atoms with Crippen molar-refractivity contribution in [2.45, 2.75) is 44.5 Å². The zero-order valence-electron chi connectivity index (χ0n) is 7.98. The van der Waals surface area contributed by atoms with Gasteiger partial charge in [0.25, 0.3) is 0 Å². The van der Waals surface area contributed by atoms with Crippen LogP contribution < -0.4 is 0 Å². The highest BCUT2D eigenvalue weighted by atomic mass is 16.6. The Balaban J connectivity index is 2.31. The normalized spacial score (nSPS) is 28.4. The highest BCUT2D eigenvalue weighted by molar-refractivity contribution is 4.77. The van der Waals surface area contributed by atoms with E-state index < -0.39 is 6.10 Å². The lowest BCUT2D eigenvalue weighted by atomic mass is 10.0. The van der Waals surface area contributed by atoms with E-state index in [0.29, 0.717) is 6.61 Å². The number of ether oxygens (including phenoxy) is 2. The summed E-state index contributed by atoms with van der Waals surface area (Å²) in [6.45, 7) is 2.09. The third kappa shape index (κ3) is 3.23. The molecule has 1 heterocycles. The molecule has 0 aromatic carbocycles. The molecule has 0 amide bonds. The van der Waals surface area contributed by atoms with Crippen LogP contribution in [0.2, 0.25) is 0 Å². The molecule has 0 bridgehead atoms. The van der Waals surface area contributed by atoms with Gasteiger partial charge in [-0.25, -0.2) is 0 Å². The van der Waals surface area contributed by atoms with Crippen molar-refractivity contribution in [3.05, 3.63) is 0 Å². The quantitative estimate of drug-likeness (QED) is 0.625. The molecule has 13 heavy (non-hydrogen) atoms. The first-order valence-corrected chi connectivity index (χ1v) is 4.78. The molecule has 0 saturated carbocycles. The van der Waals surface area contributed by atoms with E-state index in [1.807, 2.05) is 0 Å². The number of hydrogen-bond acceptors (Lipinski definition) is 4. The molecule has 1 rings (SSSR count). The summed E-state index contributed by atoms with van der Waals surface area (Å²) in [5.74, 6) is 0. The van der Waals surface area contributed by atoms with Crippen molar-refractivity contribution in [3.63, 3.8) is 0 Å². The summed E-state index contributed by atoms with van der Waals surface area (Å²) in [5, 5.41) is 18.2. The summed E-state index contributed by atoms with van der Waals surface area (Å²) < 4.78 is 10.3. The van der Waals surface area contributed by atoms with E-state index in [0.717, 1.165) is 19.3 Å². The Bertz CT molecular complexity index is 134. The van der Waals surface area contributed by atoms with Gasteiger partial charge in [0.1, 0.15) is 12.9 Å². The van der Waals surface area contributed by atoms with Crippen LogP contribution in [0.5, 0.6) is 0 Å². The number of aliphatic hydroxyl groups excluding tert-OH is 2. The molecule has 2 N–H and O–H groups in total. The molecule has 0 aromatic heterocycles. The van der Waals surface area contributed by atoms with E-state index >= 15 is 0 Å². The van der Waals surface area contributed by atoms with Crippen LogP contribution in [-0.2, 0) is 9.47 Å². The van der Waals surface area contributed by atoms with Crippen LogP contribution in [0.25, 0.3) is 0 Å². The van der Waals surface area contributed by atoms with Crippen LogP contribution in [0.3, 0.4) is 0 Å². The van der Waals surface area contributed by atoms with Gasteiger partial charge in [-0.2, -0.15) is 0 Å². The topological polar surface area (TPSA) is 58.9 Å². The molecule has 0 radical (unpaired) electrons. The van der Waals surface area contributed by atoms with Crippen LogP contribution >= 0.6 is 0 Å². The molecule has 3 atom stereocenters. The lowest BCUT2D eigenvalue weighted by molar-refractivity contribution is -0.143. The standard InChI is InChI=1S/C9H18O4/c1-7(13-6-10)9(11)8-4-2-3-5-12-8/h7-11H,2-6H2,1H3. The summed E-state index contributed by atoms with van der Waals surface area (Å²) in [6, 6.07) is 0. The Morgan fingerprint density at radius 1 is 1.54 bits per heavy atom. The second-order valence-electron chi connectivity index (χ2n) is 3.40. The van der Waals surface area contributed by atoms with E-state index in [2.05, 4.69) is 0 Å². The highest BCUT2D eigenvalue weighted by Gasteiger charge is 2.27. The highest BCUT2D eigenvalue weighted by Crippen LogP contribution is 2.18. The smallest absolute Gasteiger partial charge is 0.144 e. The first-order chi connectivity index (χ1) is 6.25. The van der Waals surface area contributed by atoms with Crippen molar-refractivity contribution in [3.8, 4) is 0 Å². The van der Waals surface area contributed by atoms with Crippen LogP contribution in [0.4, 0.5) is 0 Å². The SMILES string of the molecule is CC(OCO)C(O)C1CCCCO1. The van der Waals surface area contributed by atoms with E-state index in [9.17, 15) is 5.11 Å². The van der Waals surface area contributed by atoms with E-state index in [4.69, 9.17) is 14.6 Å². The molecule has 0 aromatic rings. The molecule has 1 saturated heterocycles. The predicted octanol–water partition coefficient (Wildman–Crippen LogP) is 0.271. The average Bonchev–Trinajstić information content (AvgIpc) is 2.18. The third-order valence-corrected chi connectivity index (χ3v) is 2.41. The Kier molecular flexibility index (Phi) is 4.66. The largest absolute Gasteiger partial charge is 0.388 e. The Hall–Kier alpha value is -0.160. The minimum Gasteiger partial charge on any atom is -0.388 e. The molecule has 1 fully saturated rings. The van der Waals surface area contributed by atoms with Gasteiger partial charge in [-0.15, -0.1) is 0 Å². The Morgan fingerprint density at radius 2 is 2.31 bits per heavy atom. The number of hydrogen-bond donors (Lipinski definition) is 2. The molecule has 0 aliphatic carbocycles. The van der Waals surface area contributed by atoms with Crippen LogP contribution in [-0.4, -0.2) is 41.9 Å². The fourth-order valence-electron chi connectivity index (χ4n) is 1.55. The lowest BCUT2D eigenvalue weighted by Gasteiger charge is -2.30. The van der Waals surface area contributed by atoms with Gasteiger partial charge < -0.3 is 19.7 Å². The maximum atomic E-state index is 9.71. The van der Waals surface area contributed by atoms with Crippen LogP contribution in [0.1, 0.15) is 26.2 Å². The maximum absolute atomic E-state index is 9.71. The summed E-state index contributed by atoms with van der Waals surface area (Å²) >= 11 is 0. The molecule has 4 heteroatoms. The molecule has 3 unspecified atom stereocenters. The first kappa shape index (κ1) is 10.9. The number of rotatable bonds is 4. The van der Waals surface area contributed by atoms with Crippen molar-refractivity contribution in [1.82, 2.24) is 0 Å². The molecule has 0 spiro atoms.